The average molecular weight is 428 g/mol. The minimum atomic E-state index is -0.187. The van der Waals surface area contributed by atoms with Crippen LogP contribution in [0.3, 0.4) is 0 Å². The Hall–Kier alpha value is -2.05. The summed E-state index contributed by atoms with van der Waals surface area (Å²) in [4.78, 5) is 20.8. The van der Waals surface area contributed by atoms with E-state index in [2.05, 4.69) is 35.4 Å². The highest BCUT2D eigenvalue weighted by Gasteiger charge is 2.30. The molecule has 0 aliphatic carbocycles. The summed E-state index contributed by atoms with van der Waals surface area (Å²) >= 11 is 1.76. The quantitative estimate of drug-likeness (QED) is 0.671. The van der Waals surface area contributed by atoms with Crippen molar-refractivity contribution >= 4 is 23.4 Å². The summed E-state index contributed by atoms with van der Waals surface area (Å²) in [5, 5.41) is 0. The van der Waals surface area contributed by atoms with E-state index in [1.54, 1.807) is 17.8 Å². The van der Waals surface area contributed by atoms with E-state index in [1.165, 1.54) is 16.5 Å². The number of nitrogens with zero attached hydrogens (tertiary/aromatic N) is 3. The van der Waals surface area contributed by atoms with E-state index in [9.17, 15) is 9.18 Å². The van der Waals surface area contributed by atoms with E-state index in [4.69, 9.17) is 0 Å². The highest BCUT2D eigenvalue weighted by Crippen LogP contribution is 2.24. The van der Waals surface area contributed by atoms with Gasteiger partial charge in [0.05, 0.1) is 5.69 Å². The van der Waals surface area contributed by atoms with E-state index in [1.807, 2.05) is 21.9 Å². The molecule has 2 saturated heterocycles. The number of piperazine rings is 1. The van der Waals surface area contributed by atoms with Crippen molar-refractivity contribution in [1.29, 1.82) is 0 Å². The minimum absolute atomic E-state index is 0.125. The Balaban J connectivity index is 1.24. The molecule has 160 valence electrons. The summed E-state index contributed by atoms with van der Waals surface area (Å²) in [7, 11) is 0. The van der Waals surface area contributed by atoms with Gasteiger partial charge < -0.3 is 9.80 Å². The van der Waals surface area contributed by atoms with Gasteiger partial charge in [0.2, 0.25) is 5.91 Å². The van der Waals surface area contributed by atoms with Crippen LogP contribution in [-0.4, -0.2) is 61.2 Å². The first-order valence-corrected chi connectivity index (χ1v) is 12.0. The van der Waals surface area contributed by atoms with Crippen LogP contribution >= 0.6 is 11.8 Å². The molecule has 0 radical (unpaired) electrons. The van der Waals surface area contributed by atoms with Crippen LogP contribution in [0.4, 0.5) is 10.1 Å². The van der Waals surface area contributed by atoms with Crippen LogP contribution in [0.1, 0.15) is 18.4 Å². The summed E-state index contributed by atoms with van der Waals surface area (Å²) in [6.07, 6.45) is 3.95. The lowest BCUT2D eigenvalue weighted by Crippen LogP contribution is -2.51. The number of hydrogen-bond acceptors (Lipinski definition) is 4. The average Bonchev–Trinajstić information content (AvgIpc) is 2.80. The Bertz CT molecular complexity index is 844. The largest absolute Gasteiger partial charge is 0.366 e. The molecule has 2 heterocycles. The van der Waals surface area contributed by atoms with Crippen LogP contribution in [0.2, 0.25) is 0 Å². The van der Waals surface area contributed by atoms with E-state index < -0.39 is 0 Å². The van der Waals surface area contributed by atoms with Gasteiger partial charge >= 0.3 is 0 Å². The first-order valence-electron chi connectivity index (χ1n) is 10.8. The summed E-state index contributed by atoms with van der Waals surface area (Å²) in [6, 6.07) is 15.7. The number of hydrogen-bond donors (Lipinski definition) is 0. The third-order valence-electron chi connectivity index (χ3n) is 6.29. The molecule has 0 spiro atoms. The van der Waals surface area contributed by atoms with Crippen LogP contribution < -0.4 is 4.90 Å². The molecule has 2 fully saturated rings. The van der Waals surface area contributed by atoms with Gasteiger partial charge in [-0.15, -0.1) is 11.8 Å². The molecule has 0 aromatic heterocycles. The number of thioether (sulfide) groups is 1. The number of para-hydroxylation sites is 1. The molecular weight excluding hydrogens is 397 g/mol. The Kier molecular flexibility index (Phi) is 6.95. The lowest BCUT2D eigenvalue weighted by Gasteiger charge is -2.39. The number of carbonyl (C=O) groups excluding carboxylic acids is 1. The second-order valence-electron chi connectivity index (χ2n) is 8.16. The molecule has 0 N–H and O–H groups in total. The second-order valence-corrected chi connectivity index (χ2v) is 9.04. The monoisotopic (exact) mass is 427 g/mol. The molecule has 2 aliphatic heterocycles. The van der Waals surface area contributed by atoms with Gasteiger partial charge in [-0.1, -0.05) is 24.3 Å². The number of rotatable bonds is 5. The second kappa shape index (κ2) is 9.84. The first kappa shape index (κ1) is 21.2. The Morgan fingerprint density at radius 1 is 0.967 bits per heavy atom. The highest BCUT2D eigenvalue weighted by atomic mass is 32.2. The molecule has 0 bridgehead atoms. The van der Waals surface area contributed by atoms with Crippen molar-refractivity contribution in [1.82, 2.24) is 9.80 Å². The maximum atomic E-state index is 14.0. The van der Waals surface area contributed by atoms with Gasteiger partial charge in [-0.25, -0.2) is 4.39 Å². The predicted molar refractivity (Wildman–Crippen MR) is 121 cm³/mol. The number of likely N-dealkylation sites (tertiary alicyclic amines) is 1. The zero-order valence-electron chi connectivity index (χ0n) is 17.6. The zero-order valence-corrected chi connectivity index (χ0v) is 18.4. The van der Waals surface area contributed by atoms with E-state index in [0.29, 0.717) is 31.9 Å². The fourth-order valence-corrected chi connectivity index (χ4v) is 4.87. The minimum Gasteiger partial charge on any atom is -0.366 e. The SMILES string of the molecule is CSc1ccc(CN2CCC(C(=O)N3CCN(c4ccccc4F)CC3)CC2)cc1. The Morgan fingerprint density at radius 2 is 1.63 bits per heavy atom. The first-order chi connectivity index (χ1) is 14.6. The molecule has 4 nitrogen and oxygen atoms in total. The molecule has 4 rings (SSSR count). The van der Waals surface area contributed by atoms with Gasteiger partial charge in [0.1, 0.15) is 5.82 Å². The van der Waals surface area contributed by atoms with Crippen molar-refractivity contribution in [2.45, 2.75) is 24.3 Å². The van der Waals surface area contributed by atoms with Gasteiger partial charge in [-0.2, -0.15) is 0 Å². The van der Waals surface area contributed by atoms with Crippen molar-refractivity contribution < 1.29 is 9.18 Å². The summed E-state index contributed by atoms with van der Waals surface area (Å²) in [5.41, 5.74) is 1.98. The molecule has 6 heteroatoms. The molecule has 2 aromatic carbocycles. The molecule has 0 atom stereocenters. The topological polar surface area (TPSA) is 26.8 Å². The third kappa shape index (κ3) is 4.98. The zero-order chi connectivity index (χ0) is 20.9. The highest BCUT2D eigenvalue weighted by molar-refractivity contribution is 7.98. The smallest absolute Gasteiger partial charge is 0.225 e. The normalized spacial score (nSPS) is 18.6. The van der Waals surface area contributed by atoms with Crippen molar-refractivity contribution in [3.8, 4) is 0 Å². The number of benzene rings is 2. The fourth-order valence-electron chi connectivity index (χ4n) is 4.46. The molecule has 2 aliphatic rings. The van der Waals surface area contributed by atoms with Gasteiger partial charge in [0, 0.05) is 43.5 Å². The van der Waals surface area contributed by atoms with Gasteiger partial charge in [-0.05, 0) is 62.0 Å². The maximum absolute atomic E-state index is 14.0. The number of carbonyl (C=O) groups is 1. The van der Waals surface area contributed by atoms with Gasteiger partial charge in [0.15, 0.2) is 0 Å². The molecule has 0 saturated carbocycles. The standard InChI is InChI=1S/C24H30FN3OS/c1-30-21-8-6-19(7-9-21)18-26-12-10-20(11-13-26)24(29)28-16-14-27(15-17-28)23-5-3-2-4-22(23)25/h2-9,20H,10-18H2,1H3. The van der Waals surface area contributed by atoms with E-state index in [-0.39, 0.29) is 17.6 Å². The number of anilines is 1. The molecular formula is C24H30FN3OS. The lowest BCUT2D eigenvalue weighted by molar-refractivity contribution is -0.137. The van der Waals surface area contributed by atoms with Crippen molar-refractivity contribution in [2.75, 3.05) is 50.4 Å². The molecule has 2 aromatic rings. The van der Waals surface area contributed by atoms with Crippen LogP contribution in [0.25, 0.3) is 0 Å². The van der Waals surface area contributed by atoms with Crippen LogP contribution in [0, 0.1) is 11.7 Å². The van der Waals surface area contributed by atoms with Crippen LogP contribution in [0.15, 0.2) is 53.4 Å². The third-order valence-corrected chi connectivity index (χ3v) is 7.03. The predicted octanol–water partition coefficient (Wildman–Crippen LogP) is 4.11. The van der Waals surface area contributed by atoms with Gasteiger partial charge in [0.25, 0.3) is 0 Å². The number of piperidine rings is 1. The Labute approximate surface area is 183 Å². The summed E-state index contributed by atoms with van der Waals surface area (Å²) in [5.74, 6) is 0.222. The number of amides is 1. The van der Waals surface area contributed by atoms with Crippen molar-refractivity contribution in [3.05, 3.63) is 59.9 Å². The van der Waals surface area contributed by atoms with Crippen molar-refractivity contribution in [2.24, 2.45) is 5.92 Å². The summed E-state index contributed by atoms with van der Waals surface area (Å²) < 4.78 is 14.0. The fraction of sp³-hybridized carbons (Fsp3) is 0.458. The Morgan fingerprint density at radius 3 is 2.27 bits per heavy atom. The molecule has 1 amide bonds. The van der Waals surface area contributed by atoms with E-state index in [0.717, 1.165) is 32.5 Å². The lowest BCUT2D eigenvalue weighted by atomic mass is 9.94. The summed E-state index contributed by atoms with van der Waals surface area (Å²) in [6.45, 7) is 5.63. The molecule has 0 unspecified atom stereocenters. The van der Waals surface area contributed by atoms with Crippen LogP contribution in [-0.2, 0) is 11.3 Å². The van der Waals surface area contributed by atoms with Gasteiger partial charge in [-0.3, -0.25) is 9.69 Å². The molecule has 30 heavy (non-hydrogen) atoms. The maximum Gasteiger partial charge on any atom is 0.225 e. The van der Waals surface area contributed by atoms with E-state index >= 15 is 0 Å². The van der Waals surface area contributed by atoms with Crippen LogP contribution in [0.5, 0.6) is 0 Å². The van der Waals surface area contributed by atoms with Crippen molar-refractivity contribution in [3.63, 3.8) is 0 Å². The number of halogens is 1.